The summed E-state index contributed by atoms with van der Waals surface area (Å²) in [7, 11) is 0. The van der Waals surface area contributed by atoms with Crippen LogP contribution in [0.2, 0.25) is 0 Å². The van der Waals surface area contributed by atoms with E-state index in [1.54, 1.807) is 0 Å². The van der Waals surface area contributed by atoms with E-state index in [0.717, 1.165) is 12.8 Å². The van der Waals surface area contributed by atoms with Gasteiger partial charge >= 0.3 is 63.3 Å². The number of rotatable bonds is 16. The minimum atomic E-state index is -1.34. The molecule has 0 aromatic rings. The molecule has 0 saturated heterocycles. The van der Waals surface area contributed by atoms with Gasteiger partial charge in [0.25, 0.3) is 0 Å². The number of hydrogen-bond donors (Lipinski definition) is 3. The van der Waals surface area contributed by atoms with Crippen molar-refractivity contribution in [3.63, 3.8) is 0 Å². The first kappa shape index (κ1) is 27.3. The molecule has 142 valence electrons. The van der Waals surface area contributed by atoms with E-state index in [9.17, 15) is 14.4 Å². The van der Waals surface area contributed by atoms with Gasteiger partial charge in [0.15, 0.2) is 0 Å². The van der Waals surface area contributed by atoms with Gasteiger partial charge < -0.3 is 17.0 Å². The Morgan fingerprint density at radius 2 is 1.28 bits per heavy atom. The van der Waals surface area contributed by atoms with Gasteiger partial charge in [-0.3, -0.25) is 9.59 Å². The minimum Gasteiger partial charge on any atom is -1.00 e. The normalized spacial score (nSPS) is 11.4. The van der Waals surface area contributed by atoms with E-state index in [2.05, 4.69) is 12.2 Å². The quantitative estimate of drug-likeness (QED) is 0.271. The zero-order chi connectivity index (χ0) is 18.2. The Bertz CT molecular complexity index is 383. The molecule has 1 atom stereocenters. The third-order valence-corrected chi connectivity index (χ3v) is 4.02. The van der Waals surface area contributed by atoms with Gasteiger partial charge in [-0.25, -0.2) is 4.79 Å². The smallest absolute Gasteiger partial charge is 1.00 e. The van der Waals surface area contributed by atoms with Gasteiger partial charge in [-0.2, -0.15) is 0 Å². The van der Waals surface area contributed by atoms with Gasteiger partial charge in [-0.1, -0.05) is 71.1 Å². The van der Waals surface area contributed by atoms with Crippen molar-refractivity contribution in [1.29, 1.82) is 0 Å². The molecule has 0 radical (unpaired) electrons. The predicted molar refractivity (Wildman–Crippen MR) is 94.0 cm³/mol. The average molecular weight is 384 g/mol. The second-order valence-electron chi connectivity index (χ2n) is 6.34. The summed E-state index contributed by atoms with van der Waals surface area (Å²) >= 11 is 0. The topological polar surface area (TPSA) is 104 Å². The van der Waals surface area contributed by atoms with Gasteiger partial charge in [0, 0.05) is 6.42 Å². The van der Waals surface area contributed by atoms with Crippen molar-refractivity contribution in [2.24, 2.45) is 0 Å². The van der Waals surface area contributed by atoms with Crippen LogP contribution in [0.5, 0.6) is 0 Å². The van der Waals surface area contributed by atoms with Gasteiger partial charge in [-0.15, -0.1) is 0 Å². The summed E-state index contributed by atoms with van der Waals surface area (Å²) in [5, 5.41) is 19.7. The molecule has 0 fully saturated rings. The Hall–Kier alpha value is 0.0464. The maximum atomic E-state index is 11.6. The first-order valence-corrected chi connectivity index (χ1v) is 9.21. The monoisotopic (exact) mass is 383 g/mol. The van der Waals surface area contributed by atoms with Crippen LogP contribution in [-0.4, -0.2) is 34.1 Å². The molecule has 0 saturated carbocycles. The molecule has 1 amide bonds. The van der Waals surface area contributed by atoms with E-state index in [1.807, 2.05) is 0 Å². The third kappa shape index (κ3) is 18.6. The second kappa shape index (κ2) is 18.8. The Kier molecular flexibility index (Phi) is 20.5. The molecular weight excluding hydrogens is 349 g/mol. The number of carbonyl (C=O) groups excluding carboxylic acids is 1. The maximum Gasteiger partial charge on any atom is 1.00 e. The SMILES string of the molecule is CCCCCCCCCCCCCC(=O)NC(CC(=O)O)C(=O)O.[H-].[K+]. The first-order chi connectivity index (χ1) is 11.5. The van der Waals surface area contributed by atoms with E-state index in [1.165, 1.54) is 51.4 Å². The number of amides is 1. The number of hydrogen-bond acceptors (Lipinski definition) is 3. The summed E-state index contributed by atoms with van der Waals surface area (Å²) in [5.74, 6) is -2.94. The van der Waals surface area contributed by atoms with Crippen LogP contribution in [-0.2, 0) is 14.4 Å². The number of carbonyl (C=O) groups is 3. The van der Waals surface area contributed by atoms with Crippen molar-refractivity contribution in [2.75, 3.05) is 0 Å². The summed E-state index contributed by atoms with van der Waals surface area (Å²) < 4.78 is 0. The number of aliphatic carboxylic acids is 2. The number of unbranched alkanes of at least 4 members (excludes halogenated alkanes) is 10. The largest absolute Gasteiger partial charge is 1.00 e. The summed E-state index contributed by atoms with van der Waals surface area (Å²) in [4.78, 5) is 33.0. The zero-order valence-electron chi connectivity index (χ0n) is 16.9. The molecule has 0 bridgehead atoms. The minimum absolute atomic E-state index is 0. The Morgan fingerprint density at radius 3 is 1.68 bits per heavy atom. The molecule has 0 rings (SSSR count). The molecule has 0 heterocycles. The summed E-state index contributed by atoms with van der Waals surface area (Å²) in [6.45, 7) is 2.22. The Labute approximate surface area is 195 Å². The second-order valence-corrected chi connectivity index (χ2v) is 6.34. The van der Waals surface area contributed by atoms with Crippen LogP contribution in [0.25, 0.3) is 0 Å². The number of nitrogens with one attached hydrogen (secondary N) is 1. The van der Waals surface area contributed by atoms with Gasteiger partial charge in [-0.05, 0) is 6.42 Å². The summed E-state index contributed by atoms with van der Waals surface area (Å²) in [5.41, 5.74) is 0. The van der Waals surface area contributed by atoms with Gasteiger partial charge in [0.2, 0.25) is 5.91 Å². The molecule has 6 nitrogen and oxygen atoms in total. The Morgan fingerprint density at radius 1 is 0.840 bits per heavy atom. The molecule has 0 spiro atoms. The number of carboxylic acids is 2. The van der Waals surface area contributed by atoms with Crippen LogP contribution < -0.4 is 56.7 Å². The van der Waals surface area contributed by atoms with Gasteiger partial charge in [0.05, 0.1) is 6.42 Å². The third-order valence-electron chi connectivity index (χ3n) is 4.02. The zero-order valence-corrected chi connectivity index (χ0v) is 19.0. The van der Waals surface area contributed by atoms with Crippen molar-refractivity contribution >= 4 is 17.8 Å². The Balaban J connectivity index is -0.00000264. The molecule has 7 heteroatoms. The van der Waals surface area contributed by atoms with Crippen molar-refractivity contribution in [3.8, 4) is 0 Å². The summed E-state index contributed by atoms with van der Waals surface area (Å²) in [6.07, 6.45) is 12.7. The van der Waals surface area contributed by atoms with Gasteiger partial charge in [0.1, 0.15) is 6.04 Å². The maximum absolute atomic E-state index is 11.6. The fraction of sp³-hybridized carbons (Fsp3) is 0.833. The van der Waals surface area contributed by atoms with Crippen LogP contribution in [0.1, 0.15) is 91.8 Å². The van der Waals surface area contributed by atoms with Crippen LogP contribution >= 0.6 is 0 Å². The molecule has 0 aromatic carbocycles. The molecule has 0 aromatic heterocycles. The van der Waals surface area contributed by atoms with Crippen molar-refractivity contribution in [3.05, 3.63) is 0 Å². The summed E-state index contributed by atoms with van der Waals surface area (Å²) in [6, 6.07) is -1.34. The molecule has 3 N–H and O–H groups in total. The first-order valence-electron chi connectivity index (χ1n) is 9.21. The van der Waals surface area contributed by atoms with Crippen LogP contribution in [0.3, 0.4) is 0 Å². The molecular formula is C18H34KNO5. The van der Waals surface area contributed by atoms with E-state index in [4.69, 9.17) is 10.2 Å². The van der Waals surface area contributed by atoms with Crippen LogP contribution in [0, 0.1) is 0 Å². The molecule has 25 heavy (non-hydrogen) atoms. The number of carboxylic acid groups (broad SMARTS) is 2. The van der Waals surface area contributed by atoms with E-state index >= 15 is 0 Å². The van der Waals surface area contributed by atoms with Crippen LogP contribution in [0.15, 0.2) is 0 Å². The molecule has 0 aliphatic heterocycles. The molecule has 1 unspecified atom stereocenters. The van der Waals surface area contributed by atoms with E-state index < -0.39 is 24.4 Å². The fourth-order valence-electron chi connectivity index (χ4n) is 2.59. The molecule has 0 aliphatic carbocycles. The standard InChI is InChI=1S/C18H33NO5.K.H/c1-2-3-4-5-6-7-8-9-10-11-12-13-16(20)19-15(18(23)24)14-17(21)22;;/h15H,2-14H2,1H3,(H,19,20)(H,21,22)(H,23,24);;/q;+1;-1. The van der Waals surface area contributed by atoms with Crippen LogP contribution in [0.4, 0.5) is 0 Å². The predicted octanol–water partition coefficient (Wildman–Crippen LogP) is 0.848. The van der Waals surface area contributed by atoms with E-state index in [0.29, 0.717) is 6.42 Å². The van der Waals surface area contributed by atoms with Crippen molar-refractivity contribution in [1.82, 2.24) is 5.32 Å². The van der Waals surface area contributed by atoms with Crippen molar-refractivity contribution < 1.29 is 77.4 Å². The average Bonchev–Trinajstić information content (AvgIpc) is 2.51. The van der Waals surface area contributed by atoms with Crippen molar-refractivity contribution in [2.45, 2.75) is 96.4 Å². The fourth-order valence-corrected chi connectivity index (χ4v) is 2.59. The van der Waals surface area contributed by atoms with E-state index in [-0.39, 0.29) is 65.1 Å². The molecule has 0 aliphatic rings.